The van der Waals surface area contributed by atoms with E-state index in [0.717, 1.165) is 54.1 Å². The molecular weight excluding hydrogens is 296 g/mol. The van der Waals surface area contributed by atoms with Crippen LogP contribution in [0.5, 0.6) is 0 Å². The Kier molecular flexibility index (Phi) is 5.40. The van der Waals surface area contributed by atoms with Gasteiger partial charge in [0.05, 0.1) is 0 Å². The lowest BCUT2D eigenvalue weighted by Crippen LogP contribution is -2.35. The van der Waals surface area contributed by atoms with Crippen molar-refractivity contribution in [2.24, 2.45) is 5.92 Å². The van der Waals surface area contributed by atoms with Crippen molar-refractivity contribution in [1.29, 1.82) is 0 Å². The van der Waals surface area contributed by atoms with Crippen LogP contribution in [0.15, 0.2) is 23.0 Å². The van der Waals surface area contributed by atoms with E-state index in [1.165, 1.54) is 31.2 Å². The predicted octanol–water partition coefficient (Wildman–Crippen LogP) is 4.41. The molecule has 1 aromatic heterocycles. The van der Waals surface area contributed by atoms with E-state index in [9.17, 15) is 4.79 Å². The summed E-state index contributed by atoms with van der Waals surface area (Å²) in [5, 5.41) is 0.856. The van der Waals surface area contributed by atoms with Crippen LogP contribution in [0.1, 0.15) is 56.4 Å². The van der Waals surface area contributed by atoms with Gasteiger partial charge in [0.2, 0.25) is 0 Å². The molecule has 1 fully saturated rings. The van der Waals surface area contributed by atoms with Gasteiger partial charge in [0, 0.05) is 35.2 Å². The molecule has 0 amide bonds. The lowest BCUT2D eigenvalue weighted by molar-refractivity contribution is 0.176. The molecule has 1 aromatic carbocycles. The Morgan fingerprint density at radius 1 is 1.33 bits per heavy atom. The molecule has 2 aromatic rings. The SMILES string of the molecule is CCCCc1ccc2[nH]c(C)c(CN3CCCC(C)C3)c(=O)c2c1. The maximum atomic E-state index is 13.1. The molecule has 1 N–H and O–H groups in total. The summed E-state index contributed by atoms with van der Waals surface area (Å²) in [6, 6.07) is 6.33. The standard InChI is InChI=1S/C21H30N2O/c1-4-5-8-17-9-10-20-18(12-17)21(24)19(16(3)22-20)14-23-11-6-7-15(2)13-23/h9-10,12,15H,4-8,11,13-14H2,1-3H3,(H,22,24). The van der Waals surface area contributed by atoms with Crippen LogP contribution in [-0.2, 0) is 13.0 Å². The average molecular weight is 326 g/mol. The summed E-state index contributed by atoms with van der Waals surface area (Å²) < 4.78 is 0. The number of rotatable bonds is 5. The van der Waals surface area contributed by atoms with Crippen molar-refractivity contribution in [3.63, 3.8) is 0 Å². The summed E-state index contributed by atoms with van der Waals surface area (Å²) in [6.07, 6.45) is 5.96. The molecule has 2 heterocycles. The quantitative estimate of drug-likeness (QED) is 0.883. The van der Waals surface area contributed by atoms with Crippen molar-refractivity contribution in [1.82, 2.24) is 9.88 Å². The van der Waals surface area contributed by atoms with Gasteiger partial charge in [0.25, 0.3) is 0 Å². The van der Waals surface area contributed by atoms with Crippen LogP contribution in [0.3, 0.4) is 0 Å². The summed E-state index contributed by atoms with van der Waals surface area (Å²) in [5.74, 6) is 0.735. The lowest BCUT2D eigenvalue weighted by Gasteiger charge is -2.31. The minimum atomic E-state index is 0.220. The molecule has 3 nitrogen and oxygen atoms in total. The summed E-state index contributed by atoms with van der Waals surface area (Å²) in [5.41, 5.74) is 4.43. The maximum Gasteiger partial charge on any atom is 0.194 e. The number of hydrogen-bond donors (Lipinski definition) is 1. The first-order chi connectivity index (χ1) is 11.6. The first-order valence-corrected chi connectivity index (χ1v) is 9.45. The number of pyridine rings is 1. The van der Waals surface area contributed by atoms with Crippen LogP contribution < -0.4 is 5.43 Å². The molecule has 0 radical (unpaired) electrons. The molecule has 24 heavy (non-hydrogen) atoms. The number of aromatic nitrogens is 1. The highest BCUT2D eigenvalue weighted by molar-refractivity contribution is 5.80. The third-order valence-corrected chi connectivity index (χ3v) is 5.32. The number of piperidine rings is 1. The van der Waals surface area contributed by atoms with Crippen LogP contribution in [0.25, 0.3) is 10.9 Å². The van der Waals surface area contributed by atoms with E-state index in [-0.39, 0.29) is 5.43 Å². The molecule has 130 valence electrons. The zero-order chi connectivity index (χ0) is 17.1. The van der Waals surface area contributed by atoms with Crippen molar-refractivity contribution >= 4 is 10.9 Å². The largest absolute Gasteiger partial charge is 0.358 e. The van der Waals surface area contributed by atoms with Crippen LogP contribution in [-0.4, -0.2) is 23.0 Å². The average Bonchev–Trinajstić information content (AvgIpc) is 2.57. The molecule has 1 aliphatic heterocycles. The molecule has 1 aliphatic rings. The fraction of sp³-hybridized carbons (Fsp3) is 0.571. The summed E-state index contributed by atoms with van der Waals surface area (Å²) in [7, 11) is 0. The highest BCUT2D eigenvalue weighted by Gasteiger charge is 2.19. The van der Waals surface area contributed by atoms with E-state index in [0.29, 0.717) is 0 Å². The number of hydrogen-bond acceptors (Lipinski definition) is 2. The van der Waals surface area contributed by atoms with Gasteiger partial charge in [-0.05, 0) is 62.8 Å². The van der Waals surface area contributed by atoms with Gasteiger partial charge in [-0.15, -0.1) is 0 Å². The van der Waals surface area contributed by atoms with Gasteiger partial charge in [-0.2, -0.15) is 0 Å². The monoisotopic (exact) mass is 326 g/mol. The first kappa shape index (κ1) is 17.2. The van der Waals surface area contributed by atoms with E-state index in [2.05, 4.69) is 41.9 Å². The fourth-order valence-electron chi connectivity index (χ4n) is 3.88. The lowest BCUT2D eigenvalue weighted by atomic mass is 9.99. The van der Waals surface area contributed by atoms with Crippen LogP contribution in [0, 0.1) is 12.8 Å². The van der Waals surface area contributed by atoms with Crippen molar-refractivity contribution in [2.45, 2.75) is 59.4 Å². The normalized spacial score (nSPS) is 19.0. The molecule has 0 bridgehead atoms. The fourth-order valence-corrected chi connectivity index (χ4v) is 3.88. The molecule has 0 aliphatic carbocycles. The predicted molar refractivity (Wildman–Crippen MR) is 102 cm³/mol. The summed E-state index contributed by atoms with van der Waals surface area (Å²) >= 11 is 0. The second-order valence-corrected chi connectivity index (χ2v) is 7.52. The minimum Gasteiger partial charge on any atom is -0.358 e. The Morgan fingerprint density at radius 3 is 2.92 bits per heavy atom. The Labute approximate surface area is 145 Å². The highest BCUT2D eigenvalue weighted by atomic mass is 16.1. The molecule has 1 atom stereocenters. The van der Waals surface area contributed by atoms with Crippen molar-refractivity contribution in [3.05, 3.63) is 45.2 Å². The molecule has 3 heteroatoms. The maximum absolute atomic E-state index is 13.1. The van der Waals surface area contributed by atoms with Crippen molar-refractivity contribution in [3.8, 4) is 0 Å². The van der Waals surface area contributed by atoms with Crippen LogP contribution in [0.2, 0.25) is 0 Å². The van der Waals surface area contributed by atoms with E-state index in [1.54, 1.807) is 0 Å². The number of aryl methyl sites for hydroxylation is 2. The van der Waals surface area contributed by atoms with Crippen molar-refractivity contribution < 1.29 is 0 Å². The third kappa shape index (κ3) is 3.72. The van der Waals surface area contributed by atoms with E-state index in [1.807, 2.05) is 6.92 Å². The van der Waals surface area contributed by atoms with Gasteiger partial charge in [0.1, 0.15) is 0 Å². The van der Waals surface area contributed by atoms with Gasteiger partial charge in [0.15, 0.2) is 5.43 Å². The summed E-state index contributed by atoms with van der Waals surface area (Å²) in [6.45, 7) is 9.54. The third-order valence-electron chi connectivity index (χ3n) is 5.32. The molecular formula is C21H30N2O. The van der Waals surface area contributed by atoms with Crippen LogP contribution in [0.4, 0.5) is 0 Å². The smallest absolute Gasteiger partial charge is 0.194 e. The zero-order valence-electron chi connectivity index (χ0n) is 15.3. The second-order valence-electron chi connectivity index (χ2n) is 7.52. The number of nitrogens with one attached hydrogen (secondary N) is 1. The Hall–Kier alpha value is -1.61. The van der Waals surface area contributed by atoms with Gasteiger partial charge >= 0.3 is 0 Å². The molecule has 3 rings (SSSR count). The Morgan fingerprint density at radius 2 is 2.17 bits per heavy atom. The van der Waals surface area contributed by atoms with E-state index >= 15 is 0 Å². The van der Waals surface area contributed by atoms with E-state index < -0.39 is 0 Å². The van der Waals surface area contributed by atoms with Gasteiger partial charge < -0.3 is 4.98 Å². The highest BCUT2D eigenvalue weighted by Crippen LogP contribution is 2.20. The van der Waals surface area contributed by atoms with E-state index in [4.69, 9.17) is 0 Å². The molecule has 0 spiro atoms. The van der Waals surface area contributed by atoms with Crippen molar-refractivity contribution in [2.75, 3.05) is 13.1 Å². The summed E-state index contributed by atoms with van der Waals surface area (Å²) in [4.78, 5) is 19.0. The number of benzene rings is 1. The van der Waals surface area contributed by atoms with Gasteiger partial charge in [-0.25, -0.2) is 0 Å². The zero-order valence-corrected chi connectivity index (χ0v) is 15.3. The number of likely N-dealkylation sites (tertiary alicyclic amines) is 1. The Bertz CT molecular complexity index is 762. The number of H-pyrrole nitrogens is 1. The van der Waals surface area contributed by atoms with Gasteiger partial charge in [-0.3, -0.25) is 9.69 Å². The number of nitrogens with zero attached hydrogens (tertiary/aromatic N) is 1. The number of unbranched alkanes of at least 4 members (excludes halogenated alkanes) is 1. The molecule has 1 saturated heterocycles. The number of fused-ring (bicyclic) bond motifs is 1. The van der Waals surface area contributed by atoms with Gasteiger partial charge in [-0.1, -0.05) is 26.3 Å². The molecule has 1 unspecified atom stereocenters. The molecule has 0 saturated carbocycles. The first-order valence-electron chi connectivity index (χ1n) is 9.45. The second kappa shape index (κ2) is 7.52. The van der Waals surface area contributed by atoms with Crippen LogP contribution >= 0.6 is 0 Å². The topological polar surface area (TPSA) is 36.1 Å². The Balaban J connectivity index is 1.93. The number of aromatic amines is 1. The minimum absolute atomic E-state index is 0.220.